The normalized spacial score (nSPS) is 12.7. The summed E-state index contributed by atoms with van der Waals surface area (Å²) >= 11 is 6.14. The maximum atomic E-state index is 11.8. The molecule has 0 radical (unpaired) electrons. The van der Waals surface area contributed by atoms with Crippen molar-refractivity contribution in [3.05, 3.63) is 89.2 Å². The van der Waals surface area contributed by atoms with Crippen molar-refractivity contribution in [2.24, 2.45) is 20.5 Å². The molecule has 0 fully saturated rings. The Morgan fingerprint density at radius 2 is 0.855 bits per heavy atom. The number of azo groups is 2. The summed E-state index contributed by atoms with van der Waals surface area (Å²) in [7, 11) is -19.1. The molecule has 4 aromatic carbocycles. The SMILES string of the molecule is Cc1cc(Nc2nc(Cl)nc(Nc3ccc(N=Nc4cc(S(=O)(=O)O)ccc4S(=O)(=O)O)c(C)c3)n2)ccc1N=Nc1cc(S(=O)(=O)O)ccc1S(=O)(=O)O. The van der Waals surface area contributed by atoms with Gasteiger partial charge < -0.3 is 10.6 Å². The fourth-order valence-corrected chi connectivity index (χ4v) is 6.90. The van der Waals surface area contributed by atoms with Crippen LogP contribution in [0.1, 0.15) is 11.1 Å². The number of anilines is 4. The van der Waals surface area contributed by atoms with Gasteiger partial charge in [0, 0.05) is 11.4 Å². The Bertz CT molecular complexity index is 2690. The van der Waals surface area contributed by atoms with Gasteiger partial charge in [-0.1, -0.05) is 0 Å². The van der Waals surface area contributed by atoms with Gasteiger partial charge in [-0.15, -0.1) is 10.2 Å². The van der Waals surface area contributed by atoms with Crippen molar-refractivity contribution >= 4 is 98.1 Å². The van der Waals surface area contributed by atoms with Crippen molar-refractivity contribution in [3.8, 4) is 0 Å². The minimum absolute atomic E-state index is 0.00000382. The Kier molecular flexibility index (Phi) is 11.4. The third-order valence-corrected chi connectivity index (χ3v) is 10.7. The van der Waals surface area contributed by atoms with Crippen LogP contribution in [0, 0.1) is 13.8 Å². The van der Waals surface area contributed by atoms with Crippen LogP contribution in [0.3, 0.4) is 0 Å². The third kappa shape index (κ3) is 10.4. The van der Waals surface area contributed by atoms with E-state index in [4.69, 9.17) is 11.6 Å². The molecule has 1 heterocycles. The predicted octanol–water partition coefficient (Wildman–Crippen LogP) is 6.45. The molecule has 288 valence electrons. The molecule has 0 atom stereocenters. The number of nitrogens with one attached hydrogen (secondary N) is 2. The molecule has 1 aromatic heterocycles. The Morgan fingerprint density at radius 1 is 0.491 bits per heavy atom. The van der Waals surface area contributed by atoms with Crippen LogP contribution in [0.5, 0.6) is 0 Å². The molecule has 0 aliphatic rings. The van der Waals surface area contributed by atoms with Crippen LogP contribution in [0.15, 0.2) is 113 Å². The molecule has 0 saturated heterocycles. The highest BCUT2D eigenvalue weighted by Gasteiger charge is 2.21. The number of nitrogens with zero attached hydrogens (tertiary/aromatic N) is 7. The van der Waals surface area contributed by atoms with E-state index < -0.39 is 71.4 Å². The van der Waals surface area contributed by atoms with Crippen LogP contribution in [0.2, 0.25) is 5.28 Å². The van der Waals surface area contributed by atoms with E-state index in [2.05, 4.69) is 46.0 Å². The zero-order valence-electron chi connectivity index (χ0n) is 27.6. The number of aryl methyl sites for hydroxylation is 2. The summed E-state index contributed by atoms with van der Waals surface area (Å²) in [6, 6.07) is 13.7. The van der Waals surface area contributed by atoms with E-state index in [1.807, 2.05) is 0 Å². The second kappa shape index (κ2) is 15.4. The summed E-state index contributed by atoms with van der Waals surface area (Å²) < 4.78 is 131. The maximum absolute atomic E-state index is 11.8. The van der Waals surface area contributed by atoms with E-state index in [1.54, 1.807) is 26.0 Å². The van der Waals surface area contributed by atoms with Crippen LogP contribution in [0.25, 0.3) is 0 Å². The van der Waals surface area contributed by atoms with Gasteiger partial charge >= 0.3 is 0 Å². The average molecular weight is 854 g/mol. The summed E-state index contributed by atoms with van der Waals surface area (Å²) in [6.45, 7) is 3.25. The smallest absolute Gasteiger partial charge is 0.296 e. The molecule has 0 spiro atoms. The molecule has 0 unspecified atom stereocenters. The summed E-state index contributed by atoms with van der Waals surface area (Å²) in [4.78, 5) is 9.55. The van der Waals surface area contributed by atoms with Gasteiger partial charge in [-0.25, -0.2) is 0 Å². The average Bonchev–Trinajstić information content (AvgIpc) is 3.05. The second-order valence-corrected chi connectivity index (χ2v) is 17.0. The molecular weight excluding hydrogens is 830 g/mol. The van der Waals surface area contributed by atoms with Crippen LogP contribution in [-0.4, -0.2) is 66.8 Å². The molecule has 5 rings (SSSR count). The first-order valence-corrected chi connectivity index (χ1v) is 20.8. The van der Waals surface area contributed by atoms with Gasteiger partial charge in [0.25, 0.3) is 40.5 Å². The maximum Gasteiger partial charge on any atom is 0.296 e. The van der Waals surface area contributed by atoms with E-state index in [1.165, 1.54) is 24.3 Å². The number of aromatic nitrogens is 3. The molecule has 0 saturated carbocycles. The van der Waals surface area contributed by atoms with Gasteiger partial charge in [0.05, 0.1) is 21.2 Å². The van der Waals surface area contributed by atoms with Crippen LogP contribution < -0.4 is 10.6 Å². The first-order valence-electron chi connectivity index (χ1n) is 14.7. The zero-order valence-corrected chi connectivity index (χ0v) is 31.6. The first kappa shape index (κ1) is 40.8. The van der Waals surface area contributed by atoms with E-state index in [-0.39, 0.29) is 28.6 Å². The molecular formula is C29H24ClN9O12S4. The van der Waals surface area contributed by atoms with Gasteiger partial charge in [0.15, 0.2) is 0 Å². The molecule has 21 nitrogen and oxygen atoms in total. The van der Waals surface area contributed by atoms with Crippen molar-refractivity contribution in [1.29, 1.82) is 0 Å². The molecule has 0 aliphatic carbocycles. The van der Waals surface area contributed by atoms with Crippen LogP contribution in [-0.2, 0) is 40.5 Å². The Balaban J connectivity index is 1.34. The Hall–Kier alpha value is -5.38. The number of benzene rings is 4. The lowest BCUT2D eigenvalue weighted by Crippen LogP contribution is -2.04. The second-order valence-electron chi connectivity index (χ2n) is 11.1. The summed E-state index contributed by atoms with van der Waals surface area (Å²) in [6.07, 6.45) is 0. The zero-order chi connectivity index (χ0) is 40.5. The number of hydrogen-bond donors (Lipinski definition) is 6. The highest BCUT2D eigenvalue weighted by molar-refractivity contribution is 7.87. The number of halogens is 1. The fourth-order valence-electron chi connectivity index (χ4n) is 4.53. The predicted molar refractivity (Wildman–Crippen MR) is 194 cm³/mol. The molecule has 55 heavy (non-hydrogen) atoms. The molecule has 0 amide bonds. The van der Waals surface area contributed by atoms with E-state index in [9.17, 15) is 51.9 Å². The summed E-state index contributed by atoms with van der Waals surface area (Å²) in [5, 5.41) is 21.1. The standard InChI is InChI=1S/C29H24ClN9O12S4/c1-15-11-17(3-7-21(15)36-38-23-13-19(52(40,41)42)5-9-25(23)54(46,47)48)31-28-33-27(30)34-29(35-28)32-18-4-8-22(16(2)12-18)37-39-24-14-20(53(43,44)45)6-10-26(24)55(49,50)51/h3-14H,1-2H3,(H,40,41,42)(H,43,44,45)(H,46,47,48)(H,49,50,51)(H2,31,32,33,34,35). The van der Waals surface area contributed by atoms with E-state index in [0.29, 0.717) is 22.5 Å². The van der Waals surface area contributed by atoms with Gasteiger partial charge in [-0.3, -0.25) is 18.2 Å². The minimum Gasteiger partial charge on any atom is -0.324 e. The van der Waals surface area contributed by atoms with Gasteiger partial charge in [0.2, 0.25) is 17.2 Å². The fraction of sp³-hybridized carbons (Fsp3) is 0.0690. The van der Waals surface area contributed by atoms with Gasteiger partial charge in [0.1, 0.15) is 21.2 Å². The van der Waals surface area contributed by atoms with Crippen LogP contribution in [0.4, 0.5) is 46.0 Å². The minimum atomic E-state index is -4.83. The lowest BCUT2D eigenvalue weighted by Gasteiger charge is -2.10. The van der Waals surface area contributed by atoms with E-state index >= 15 is 0 Å². The number of rotatable bonds is 12. The van der Waals surface area contributed by atoms with Crippen molar-refractivity contribution in [2.45, 2.75) is 33.4 Å². The molecule has 0 aliphatic heterocycles. The van der Waals surface area contributed by atoms with Crippen molar-refractivity contribution < 1.29 is 51.9 Å². The van der Waals surface area contributed by atoms with Gasteiger partial charge in [-0.05, 0) is 109 Å². The monoisotopic (exact) mass is 853 g/mol. The highest BCUT2D eigenvalue weighted by Crippen LogP contribution is 2.33. The Labute approximate surface area is 317 Å². The topological polar surface area (TPSA) is 330 Å². The molecule has 26 heteroatoms. The molecule has 6 N–H and O–H groups in total. The Morgan fingerprint density at radius 3 is 1.18 bits per heavy atom. The summed E-state index contributed by atoms with van der Waals surface area (Å²) in [5.41, 5.74) is 1.16. The largest absolute Gasteiger partial charge is 0.324 e. The first-order chi connectivity index (χ1) is 25.5. The lowest BCUT2D eigenvalue weighted by atomic mass is 10.2. The number of hydrogen-bond acceptors (Lipinski definition) is 17. The lowest BCUT2D eigenvalue weighted by molar-refractivity contribution is 0.478. The van der Waals surface area contributed by atoms with Crippen LogP contribution >= 0.6 is 11.6 Å². The highest BCUT2D eigenvalue weighted by atomic mass is 35.5. The molecule has 0 bridgehead atoms. The summed E-state index contributed by atoms with van der Waals surface area (Å²) in [5.74, 6) is 0.00000764. The van der Waals surface area contributed by atoms with Crippen molar-refractivity contribution in [2.75, 3.05) is 10.6 Å². The quantitative estimate of drug-likeness (QED) is 0.0580. The van der Waals surface area contributed by atoms with Gasteiger partial charge in [-0.2, -0.15) is 58.9 Å². The van der Waals surface area contributed by atoms with E-state index in [0.717, 1.165) is 36.4 Å². The van der Waals surface area contributed by atoms with Crippen molar-refractivity contribution in [3.63, 3.8) is 0 Å². The third-order valence-electron chi connectivity index (χ3n) is 7.06. The molecule has 5 aromatic rings. The van der Waals surface area contributed by atoms with Crippen molar-refractivity contribution in [1.82, 2.24) is 15.0 Å².